The van der Waals surface area contributed by atoms with E-state index in [2.05, 4.69) is 13.8 Å². The molecule has 0 saturated carbocycles. The van der Waals surface area contributed by atoms with Gasteiger partial charge in [0.15, 0.2) is 0 Å². The Morgan fingerprint density at radius 3 is 1.60 bits per heavy atom. The van der Waals surface area contributed by atoms with E-state index in [0.717, 1.165) is 59.5 Å². The lowest BCUT2D eigenvalue weighted by molar-refractivity contribution is 0.967. The smallest absolute Gasteiger partial charge is 0.00645 e. The van der Waals surface area contributed by atoms with Gasteiger partial charge in [0.05, 0.1) is 0 Å². The summed E-state index contributed by atoms with van der Waals surface area (Å²) in [6.45, 7) is 5.91. The molecule has 0 bridgehead atoms. The maximum Gasteiger partial charge on any atom is -0.00645 e. The molecule has 15 heavy (non-hydrogen) atoms. The normalized spacial score (nSPS) is 10.0. The lowest BCUT2D eigenvalue weighted by Gasteiger charge is -2.04. The summed E-state index contributed by atoms with van der Waals surface area (Å²) >= 11 is 15.6. The molecule has 0 amide bonds. The monoisotopic (exact) mass is 259 g/mol. The second-order valence-electron chi connectivity index (χ2n) is 3.62. The van der Waals surface area contributed by atoms with Crippen LogP contribution in [-0.2, 0) is 0 Å². The van der Waals surface area contributed by atoms with E-state index >= 15 is 0 Å². The van der Waals surface area contributed by atoms with Crippen molar-refractivity contribution in [1.29, 1.82) is 0 Å². The van der Waals surface area contributed by atoms with Crippen LogP contribution in [0.1, 0.15) is 51.9 Å². The highest BCUT2D eigenvalue weighted by Crippen LogP contribution is 2.07. The van der Waals surface area contributed by atoms with Gasteiger partial charge in [-0.2, -0.15) is 0 Å². The van der Waals surface area contributed by atoms with Gasteiger partial charge in [0.25, 0.3) is 0 Å². The molecule has 85 valence electrons. The molecule has 0 fully saturated rings. The van der Waals surface area contributed by atoms with E-state index in [9.17, 15) is 0 Å². The van der Waals surface area contributed by atoms with Crippen LogP contribution in [0, 0.1) is 6.92 Å². The van der Waals surface area contributed by atoms with Gasteiger partial charge in [-0.05, 0) is 60.0 Å². The van der Waals surface area contributed by atoms with Crippen molar-refractivity contribution in [3.05, 3.63) is 6.92 Å². The summed E-state index contributed by atoms with van der Waals surface area (Å²) in [5, 5.41) is 0. The molecule has 0 aromatic carbocycles. The summed E-state index contributed by atoms with van der Waals surface area (Å²) in [4.78, 5) is 3.28. The Kier molecular flexibility index (Phi) is 9.66. The topological polar surface area (TPSA) is 0 Å². The second kappa shape index (κ2) is 9.49. The third-order valence-electron chi connectivity index (χ3n) is 2.17. The first-order valence-corrected chi connectivity index (χ1v) is 6.67. The fraction of sp³-hybridized carbons (Fsp3) is 0.667. The van der Waals surface area contributed by atoms with Gasteiger partial charge in [0.2, 0.25) is 0 Å². The molecule has 0 aliphatic heterocycles. The molecule has 0 aromatic rings. The van der Waals surface area contributed by atoms with Crippen LogP contribution in [0.4, 0.5) is 0 Å². The zero-order chi connectivity index (χ0) is 11.7. The Hall–Kier alpha value is 0.270. The molecule has 0 atom stereocenters. The van der Waals surface area contributed by atoms with E-state index in [1.54, 1.807) is 0 Å². The van der Waals surface area contributed by atoms with Gasteiger partial charge in [-0.1, -0.05) is 50.0 Å². The second-order valence-corrected chi connectivity index (χ2v) is 5.35. The lowest BCUT2D eigenvalue weighted by atomic mass is 10.1. The summed E-state index contributed by atoms with van der Waals surface area (Å²) in [5.41, 5.74) is 0. The van der Waals surface area contributed by atoms with Crippen LogP contribution in [0.5, 0.6) is 0 Å². The maximum absolute atomic E-state index is 5.28. The van der Waals surface area contributed by atoms with Crippen molar-refractivity contribution in [2.75, 3.05) is 0 Å². The third kappa shape index (κ3) is 9.21. The van der Waals surface area contributed by atoms with Crippen LogP contribution in [0.25, 0.3) is 0 Å². The van der Waals surface area contributed by atoms with Crippen molar-refractivity contribution in [3.63, 3.8) is 0 Å². The van der Waals surface area contributed by atoms with Crippen molar-refractivity contribution in [2.24, 2.45) is 0 Å². The molecular formula is C12H19S3. The van der Waals surface area contributed by atoms with Crippen molar-refractivity contribution in [1.82, 2.24) is 0 Å². The summed E-state index contributed by atoms with van der Waals surface area (Å²) in [7, 11) is 0. The largest absolute Gasteiger partial charge is 0.0897 e. The van der Waals surface area contributed by atoms with Crippen molar-refractivity contribution in [3.8, 4) is 0 Å². The average Bonchev–Trinajstić information content (AvgIpc) is 2.23. The minimum absolute atomic E-state index is 0.742. The van der Waals surface area contributed by atoms with Crippen LogP contribution in [0.2, 0.25) is 0 Å². The van der Waals surface area contributed by atoms with E-state index in [0.29, 0.717) is 0 Å². The Morgan fingerprint density at radius 2 is 1.20 bits per heavy atom. The minimum atomic E-state index is 0.742. The number of hydrogen-bond acceptors (Lipinski definition) is 3. The van der Waals surface area contributed by atoms with E-state index in [1.807, 2.05) is 0 Å². The predicted molar refractivity (Wildman–Crippen MR) is 81.1 cm³/mol. The molecule has 0 nitrogen and oxygen atoms in total. The SMILES string of the molecule is [CH2]CC(=S)CCC(=S)CCC(=S)CCC. The summed E-state index contributed by atoms with van der Waals surface area (Å²) in [6, 6.07) is 0. The first-order valence-electron chi connectivity index (χ1n) is 5.44. The predicted octanol–water partition coefficient (Wildman–Crippen LogP) is 4.68. The van der Waals surface area contributed by atoms with Gasteiger partial charge < -0.3 is 0 Å². The summed E-state index contributed by atoms with van der Waals surface area (Å²) in [6.07, 6.45) is 6.70. The maximum atomic E-state index is 5.28. The minimum Gasteiger partial charge on any atom is -0.0897 e. The standard InChI is InChI=1S/C12H19S3/c1-3-5-11(14)8-9-12(15)7-6-10(13)4-2/h2-9H2,1H3. The molecule has 0 aliphatic carbocycles. The fourth-order valence-corrected chi connectivity index (χ4v) is 1.82. The summed E-state index contributed by atoms with van der Waals surface area (Å²) < 4.78 is 0. The van der Waals surface area contributed by atoms with Crippen LogP contribution >= 0.6 is 36.7 Å². The molecule has 0 rings (SSSR count). The van der Waals surface area contributed by atoms with E-state index in [1.165, 1.54) is 0 Å². The number of rotatable bonds is 9. The summed E-state index contributed by atoms with van der Waals surface area (Å²) in [5.74, 6) is 0. The highest BCUT2D eigenvalue weighted by atomic mass is 32.1. The molecule has 3 heteroatoms. The van der Waals surface area contributed by atoms with Crippen molar-refractivity contribution in [2.45, 2.75) is 51.9 Å². The average molecular weight is 259 g/mol. The zero-order valence-corrected chi connectivity index (χ0v) is 11.8. The van der Waals surface area contributed by atoms with E-state index in [-0.39, 0.29) is 0 Å². The molecule has 1 radical (unpaired) electrons. The molecule has 0 N–H and O–H groups in total. The van der Waals surface area contributed by atoms with Gasteiger partial charge in [0, 0.05) is 0 Å². The molecule has 0 saturated heterocycles. The Labute approximate surface area is 110 Å². The van der Waals surface area contributed by atoms with E-state index in [4.69, 9.17) is 36.7 Å². The van der Waals surface area contributed by atoms with Crippen molar-refractivity contribution < 1.29 is 0 Å². The van der Waals surface area contributed by atoms with Gasteiger partial charge in [-0.15, -0.1) is 0 Å². The first kappa shape index (κ1) is 15.3. The molecule has 0 aromatic heterocycles. The number of hydrogen-bond donors (Lipinski definition) is 0. The van der Waals surface area contributed by atoms with Crippen molar-refractivity contribution >= 4 is 51.2 Å². The van der Waals surface area contributed by atoms with Gasteiger partial charge in [-0.25, -0.2) is 0 Å². The Bertz CT molecular complexity index is 231. The molecular weight excluding hydrogens is 240 g/mol. The van der Waals surface area contributed by atoms with Gasteiger partial charge in [0.1, 0.15) is 0 Å². The van der Waals surface area contributed by atoms with Crippen LogP contribution in [0.3, 0.4) is 0 Å². The van der Waals surface area contributed by atoms with Crippen LogP contribution in [-0.4, -0.2) is 14.6 Å². The Morgan fingerprint density at radius 1 is 0.800 bits per heavy atom. The molecule has 0 unspecified atom stereocenters. The molecule has 0 heterocycles. The van der Waals surface area contributed by atoms with Gasteiger partial charge in [-0.3, -0.25) is 0 Å². The highest BCUT2D eigenvalue weighted by molar-refractivity contribution is 7.81. The first-order chi connectivity index (χ1) is 7.10. The van der Waals surface area contributed by atoms with E-state index < -0.39 is 0 Å². The number of thiocarbonyl (C=S) groups is 3. The highest BCUT2D eigenvalue weighted by Gasteiger charge is 2.02. The fourth-order valence-electron chi connectivity index (χ4n) is 1.21. The molecule has 0 aliphatic rings. The third-order valence-corrected chi connectivity index (χ3v) is 3.40. The lowest BCUT2D eigenvalue weighted by Crippen LogP contribution is -2.03. The Balaban J connectivity index is 3.57. The zero-order valence-electron chi connectivity index (χ0n) is 9.38. The quantitative estimate of drug-likeness (QED) is 0.552. The molecule has 0 spiro atoms. The van der Waals surface area contributed by atoms with Crippen LogP contribution in [0.15, 0.2) is 0 Å². The van der Waals surface area contributed by atoms with Gasteiger partial charge >= 0.3 is 0 Å². The van der Waals surface area contributed by atoms with Crippen LogP contribution < -0.4 is 0 Å².